The molecule has 3 aliphatic rings. The minimum absolute atomic E-state index is 0.0414. The molecule has 8 nitrogen and oxygen atoms in total. The van der Waals surface area contributed by atoms with Crippen molar-refractivity contribution in [3.8, 4) is 5.75 Å². The molecule has 0 radical (unpaired) electrons. The third-order valence-electron chi connectivity index (χ3n) is 8.56. The first-order chi connectivity index (χ1) is 20.9. The minimum atomic E-state index is -0.334. The van der Waals surface area contributed by atoms with Gasteiger partial charge in [0.1, 0.15) is 11.1 Å². The quantitative estimate of drug-likeness (QED) is 0.198. The second-order valence-electron chi connectivity index (χ2n) is 11.5. The summed E-state index contributed by atoms with van der Waals surface area (Å²) in [7, 11) is 2.13. The van der Waals surface area contributed by atoms with Crippen LogP contribution in [-0.2, 0) is 21.8 Å². The highest BCUT2D eigenvalue weighted by atomic mass is 79.9. The SMILES string of the molecule is CCOC(=O)c1c(CSCCN2C(=O)CSC2c2ccccc2)n(C2CC2)c2cc(Br)c(O)c(CN3CCN(C)CC3)c12. The van der Waals surface area contributed by atoms with Crippen LogP contribution in [0.15, 0.2) is 40.9 Å². The van der Waals surface area contributed by atoms with Gasteiger partial charge in [-0.1, -0.05) is 30.3 Å². The Kier molecular flexibility index (Phi) is 9.64. The fourth-order valence-electron chi connectivity index (χ4n) is 6.18. The van der Waals surface area contributed by atoms with Crippen molar-refractivity contribution < 1.29 is 19.4 Å². The largest absolute Gasteiger partial charge is 0.506 e. The minimum Gasteiger partial charge on any atom is -0.506 e. The molecule has 1 atom stereocenters. The van der Waals surface area contributed by atoms with Crippen LogP contribution >= 0.6 is 39.5 Å². The van der Waals surface area contributed by atoms with Crippen LogP contribution in [-0.4, -0.2) is 94.1 Å². The van der Waals surface area contributed by atoms with Gasteiger partial charge in [-0.2, -0.15) is 11.8 Å². The predicted octanol–water partition coefficient (Wildman–Crippen LogP) is 5.88. The molecule has 1 aromatic heterocycles. The molecule has 3 fully saturated rings. The molecular formula is C32H39BrN4O4S2. The number of hydrogen-bond donors (Lipinski definition) is 1. The van der Waals surface area contributed by atoms with Crippen molar-refractivity contribution in [3.63, 3.8) is 0 Å². The van der Waals surface area contributed by atoms with Gasteiger partial charge in [0.25, 0.3) is 0 Å². The van der Waals surface area contributed by atoms with Gasteiger partial charge in [0.15, 0.2) is 0 Å². The number of amides is 1. The molecule has 2 saturated heterocycles. The number of aromatic hydroxyl groups is 1. The summed E-state index contributed by atoms with van der Waals surface area (Å²) < 4.78 is 8.63. The van der Waals surface area contributed by atoms with E-state index in [1.54, 1.807) is 23.5 Å². The lowest BCUT2D eigenvalue weighted by Crippen LogP contribution is -2.43. The Morgan fingerprint density at radius 3 is 2.60 bits per heavy atom. The van der Waals surface area contributed by atoms with Crippen LogP contribution in [0.2, 0.25) is 0 Å². The number of benzene rings is 2. The molecule has 1 saturated carbocycles. The molecule has 3 aromatic rings. The third kappa shape index (κ3) is 6.47. The van der Waals surface area contributed by atoms with Gasteiger partial charge in [-0.25, -0.2) is 4.79 Å². The zero-order chi connectivity index (χ0) is 30.1. The lowest BCUT2D eigenvalue weighted by molar-refractivity contribution is -0.127. The molecule has 1 N–H and O–H groups in total. The van der Waals surface area contributed by atoms with E-state index < -0.39 is 0 Å². The summed E-state index contributed by atoms with van der Waals surface area (Å²) in [6, 6.07) is 12.5. The van der Waals surface area contributed by atoms with Crippen LogP contribution in [0.5, 0.6) is 5.75 Å². The molecule has 2 aromatic carbocycles. The van der Waals surface area contributed by atoms with Crippen LogP contribution in [0, 0.1) is 0 Å². The van der Waals surface area contributed by atoms with Crippen LogP contribution in [0.1, 0.15) is 58.4 Å². The van der Waals surface area contributed by atoms with Crippen molar-refractivity contribution in [2.24, 2.45) is 0 Å². The fourth-order valence-corrected chi connectivity index (χ4v) is 8.80. The number of thioether (sulfide) groups is 2. The Hall–Kier alpha value is -2.18. The molecule has 1 unspecified atom stereocenters. The molecule has 1 aliphatic carbocycles. The number of ether oxygens (including phenoxy) is 1. The van der Waals surface area contributed by atoms with E-state index in [0.29, 0.717) is 40.7 Å². The Morgan fingerprint density at radius 2 is 1.91 bits per heavy atom. The Morgan fingerprint density at radius 1 is 1.16 bits per heavy atom. The van der Waals surface area contributed by atoms with Gasteiger partial charge >= 0.3 is 5.97 Å². The average Bonchev–Trinajstić information content (AvgIpc) is 3.70. The standard InChI is InChI=1S/C32H39BrN4O4S2/c1-3-41-32(40)29-26(19-42-16-15-36-27(38)20-43-31(36)21-7-5-4-6-8-21)37(22-9-10-22)25-17-24(33)30(39)23(28(25)29)18-35-13-11-34(2)12-14-35/h4-8,17,22,31,39H,3,9-16,18-20H2,1-2H3. The normalized spacial score (nSPS) is 19.9. The molecule has 0 bridgehead atoms. The summed E-state index contributed by atoms with van der Waals surface area (Å²) in [4.78, 5) is 33.1. The number of carbonyl (C=O) groups is 2. The summed E-state index contributed by atoms with van der Waals surface area (Å²) in [6.07, 6.45) is 2.13. The van der Waals surface area contributed by atoms with Gasteiger partial charge in [0.2, 0.25) is 5.91 Å². The average molecular weight is 688 g/mol. The molecular weight excluding hydrogens is 648 g/mol. The van der Waals surface area contributed by atoms with Crippen LogP contribution in [0.4, 0.5) is 0 Å². The van der Waals surface area contributed by atoms with Gasteiger partial charge in [0, 0.05) is 73.5 Å². The number of halogens is 1. The van der Waals surface area contributed by atoms with Gasteiger partial charge in [-0.15, -0.1) is 11.8 Å². The molecule has 11 heteroatoms. The van der Waals surface area contributed by atoms with Crippen molar-refractivity contribution in [1.82, 2.24) is 19.3 Å². The zero-order valence-corrected chi connectivity index (χ0v) is 28.0. The number of phenols is 1. The van der Waals surface area contributed by atoms with Crippen molar-refractivity contribution in [3.05, 3.63) is 63.3 Å². The van der Waals surface area contributed by atoms with Gasteiger partial charge in [-0.05, 0) is 54.4 Å². The fraction of sp³-hybridized carbons (Fsp3) is 0.500. The summed E-state index contributed by atoms with van der Waals surface area (Å²) >= 11 is 7.05. The first-order valence-electron chi connectivity index (χ1n) is 15.1. The van der Waals surface area contributed by atoms with E-state index in [1.165, 1.54) is 0 Å². The van der Waals surface area contributed by atoms with E-state index in [-0.39, 0.29) is 29.6 Å². The number of esters is 1. The summed E-state index contributed by atoms with van der Waals surface area (Å²) in [6.45, 7) is 7.08. The summed E-state index contributed by atoms with van der Waals surface area (Å²) in [5, 5.41) is 12.2. The molecule has 1 amide bonds. The van der Waals surface area contributed by atoms with Crippen molar-refractivity contribution >= 4 is 62.2 Å². The Bertz CT molecular complexity index is 1490. The molecule has 0 spiro atoms. The highest BCUT2D eigenvalue weighted by molar-refractivity contribution is 9.10. The number of likely N-dealkylation sites (N-methyl/N-ethyl adjacent to an activating group) is 1. The summed E-state index contributed by atoms with van der Waals surface area (Å²) in [5.74, 6) is 1.92. The zero-order valence-electron chi connectivity index (χ0n) is 24.8. The number of carbonyl (C=O) groups excluding carboxylic acids is 2. The number of aromatic nitrogens is 1. The summed E-state index contributed by atoms with van der Waals surface area (Å²) in [5.41, 5.74) is 4.45. The maximum absolute atomic E-state index is 13.7. The van der Waals surface area contributed by atoms with Crippen LogP contribution < -0.4 is 0 Å². The van der Waals surface area contributed by atoms with E-state index in [4.69, 9.17) is 4.74 Å². The van der Waals surface area contributed by atoms with Crippen molar-refractivity contribution in [2.75, 3.05) is 57.9 Å². The van der Waals surface area contributed by atoms with E-state index in [0.717, 1.165) is 72.5 Å². The number of rotatable bonds is 11. The number of fused-ring (bicyclic) bond motifs is 1. The van der Waals surface area contributed by atoms with Gasteiger partial charge in [0.05, 0.1) is 27.9 Å². The predicted molar refractivity (Wildman–Crippen MR) is 178 cm³/mol. The van der Waals surface area contributed by atoms with Crippen LogP contribution in [0.3, 0.4) is 0 Å². The number of nitrogens with zero attached hydrogens (tertiary/aromatic N) is 4. The van der Waals surface area contributed by atoms with Gasteiger partial charge < -0.3 is 24.2 Å². The lowest BCUT2D eigenvalue weighted by Gasteiger charge is -2.32. The van der Waals surface area contributed by atoms with E-state index >= 15 is 0 Å². The second-order valence-corrected chi connectivity index (χ2v) is 14.5. The lowest BCUT2D eigenvalue weighted by atomic mass is 10.0. The monoisotopic (exact) mass is 686 g/mol. The molecule has 230 valence electrons. The number of piperazine rings is 1. The maximum atomic E-state index is 13.7. The Balaban J connectivity index is 1.31. The van der Waals surface area contributed by atoms with Gasteiger partial charge in [-0.3, -0.25) is 9.69 Å². The van der Waals surface area contributed by atoms with Crippen LogP contribution in [0.25, 0.3) is 10.9 Å². The molecule has 3 heterocycles. The number of phenolic OH excluding ortho intramolecular Hbond substituents is 1. The maximum Gasteiger partial charge on any atom is 0.340 e. The highest BCUT2D eigenvalue weighted by Crippen LogP contribution is 2.47. The topological polar surface area (TPSA) is 78.2 Å². The van der Waals surface area contributed by atoms with E-state index in [1.807, 2.05) is 36.1 Å². The highest BCUT2D eigenvalue weighted by Gasteiger charge is 2.36. The number of hydrogen-bond acceptors (Lipinski definition) is 8. The van der Waals surface area contributed by atoms with Crippen molar-refractivity contribution in [1.29, 1.82) is 0 Å². The first-order valence-corrected chi connectivity index (χ1v) is 18.1. The molecule has 43 heavy (non-hydrogen) atoms. The third-order valence-corrected chi connectivity index (χ3v) is 11.4. The van der Waals surface area contributed by atoms with E-state index in [2.05, 4.69) is 49.5 Å². The molecule has 6 rings (SSSR count). The van der Waals surface area contributed by atoms with Crippen molar-refractivity contribution in [2.45, 2.75) is 43.5 Å². The molecule has 2 aliphatic heterocycles. The van der Waals surface area contributed by atoms with E-state index in [9.17, 15) is 14.7 Å². The first kappa shape index (κ1) is 30.8. The second kappa shape index (κ2) is 13.4. The Labute approximate surface area is 270 Å². The smallest absolute Gasteiger partial charge is 0.340 e.